The van der Waals surface area contributed by atoms with Crippen LogP contribution in [-0.4, -0.2) is 53.9 Å². The number of nitrogens with one attached hydrogen (secondary N) is 1. The molecular formula is C16H22N4O3. The number of likely N-dealkylation sites (N-methyl/N-ethyl adjacent to an activating group) is 1. The van der Waals surface area contributed by atoms with E-state index in [1.165, 1.54) is 0 Å². The average molecular weight is 318 g/mol. The van der Waals surface area contributed by atoms with E-state index in [0.29, 0.717) is 12.5 Å². The molecule has 0 aliphatic rings. The van der Waals surface area contributed by atoms with Crippen molar-refractivity contribution in [3.63, 3.8) is 0 Å². The fourth-order valence-corrected chi connectivity index (χ4v) is 2.02. The average Bonchev–Trinajstić information content (AvgIpc) is 3.04. The minimum absolute atomic E-state index is 0.0374. The SMILES string of the molecule is CCN(CC)CCOCC(=O)Nc1nnc(-c2ccccc2)o1. The fraction of sp³-hybridized carbons (Fsp3) is 0.438. The van der Waals surface area contributed by atoms with E-state index in [-0.39, 0.29) is 18.5 Å². The Morgan fingerprint density at radius 1 is 1.22 bits per heavy atom. The number of aromatic nitrogens is 2. The summed E-state index contributed by atoms with van der Waals surface area (Å²) >= 11 is 0. The molecule has 1 aromatic carbocycles. The highest BCUT2D eigenvalue weighted by Crippen LogP contribution is 2.18. The van der Waals surface area contributed by atoms with Crippen molar-refractivity contribution < 1.29 is 13.9 Å². The van der Waals surface area contributed by atoms with Crippen molar-refractivity contribution in [2.75, 3.05) is 38.2 Å². The Morgan fingerprint density at radius 2 is 1.96 bits per heavy atom. The first kappa shape index (κ1) is 17.1. The van der Waals surface area contributed by atoms with Gasteiger partial charge in [0.1, 0.15) is 6.61 Å². The molecule has 0 radical (unpaired) electrons. The van der Waals surface area contributed by atoms with Gasteiger partial charge in [0.2, 0.25) is 5.89 Å². The van der Waals surface area contributed by atoms with Crippen LogP contribution in [0.3, 0.4) is 0 Å². The summed E-state index contributed by atoms with van der Waals surface area (Å²) in [5.74, 6) is 0.0520. The zero-order valence-corrected chi connectivity index (χ0v) is 13.5. The first-order chi connectivity index (χ1) is 11.2. The summed E-state index contributed by atoms with van der Waals surface area (Å²) in [4.78, 5) is 14.0. The van der Waals surface area contributed by atoms with Gasteiger partial charge in [-0.05, 0) is 25.2 Å². The van der Waals surface area contributed by atoms with E-state index in [1.54, 1.807) is 0 Å². The van der Waals surface area contributed by atoms with E-state index in [1.807, 2.05) is 30.3 Å². The second-order valence-corrected chi connectivity index (χ2v) is 4.91. The predicted molar refractivity (Wildman–Crippen MR) is 87.0 cm³/mol. The van der Waals surface area contributed by atoms with Crippen molar-refractivity contribution in [2.24, 2.45) is 0 Å². The maximum absolute atomic E-state index is 11.8. The van der Waals surface area contributed by atoms with E-state index >= 15 is 0 Å². The van der Waals surface area contributed by atoms with E-state index in [2.05, 4.69) is 34.3 Å². The Kier molecular flexibility index (Phi) is 6.71. The minimum Gasteiger partial charge on any atom is -0.403 e. The molecule has 1 heterocycles. The van der Waals surface area contributed by atoms with E-state index in [4.69, 9.17) is 9.15 Å². The Balaban J connectivity index is 1.75. The summed E-state index contributed by atoms with van der Waals surface area (Å²) in [5, 5.41) is 10.2. The number of nitrogens with zero attached hydrogens (tertiary/aromatic N) is 3. The molecule has 0 saturated carbocycles. The lowest BCUT2D eigenvalue weighted by atomic mass is 10.2. The number of carbonyl (C=O) groups excluding carboxylic acids is 1. The van der Waals surface area contributed by atoms with Crippen molar-refractivity contribution in [3.05, 3.63) is 30.3 Å². The van der Waals surface area contributed by atoms with E-state index in [9.17, 15) is 4.79 Å². The molecular weight excluding hydrogens is 296 g/mol. The second kappa shape index (κ2) is 9.02. The van der Waals surface area contributed by atoms with Gasteiger partial charge >= 0.3 is 6.01 Å². The van der Waals surface area contributed by atoms with Gasteiger partial charge < -0.3 is 14.1 Å². The molecule has 0 atom stereocenters. The molecule has 0 spiro atoms. The number of hydrogen-bond acceptors (Lipinski definition) is 6. The molecule has 7 heteroatoms. The summed E-state index contributed by atoms with van der Waals surface area (Å²) in [5.41, 5.74) is 0.802. The number of amides is 1. The van der Waals surface area contributed by atoms with E-state index in [0.717, 1.165) is 25.2 Å². The minimum atomic E-state index is -0.312. The summed E-state index contributed by atoms with van der Waals surface area (Å²) in [6.07, 6.45) is 0. The van der Waals surface area contributed by atoms with Crippen LogP contribution in [-0.2, 0) is 9.53 Å². The first-order valence-electron chi connectivity index (χ1n) is 7.71. The van der Waals surface area contributed by atoms with Gasteiger partial charge in [-0.2, -0.15) is 0 Å². The molecule has 1 amide bonds. The highest BCUT2D eigenvalue weighted by atomic mass is 16.5. The molecule has 23 heavy (non-hydrogen) atoms. The van der Waals surface area contributed by atoms with Crippen molar-refractivity contribution in [1.29, 1.82) is 0 Å². The quantitative estimate of drug-likeness (QED) is 0.713. The van der Waals surface area contributed by atoms with Crippen LogP contribution < -0.4 is 5.32 Å². The van der Waals surface area contributed by atoms with Gasteiger partial charge in [0.25, 0.3) is 5.91 Å². The first-order valence-corrected chi connectivity index (χ1v) is 7.71. The molecule has 0 aliphatic heterocycles. The summed E-state index contributed by atoms with van der Waals surface area (Å²) in [6.45, 7) is 7.40. The standard InChI is InChI=1S/C16H22N4O3/c1-3-20(4-2)10-11-22-12-14(21)17-16-19-18-15(23-16)13-8-6-5-7-9-13/h5-9H,3-4,10-12H2,1-2H3,(H,17,19,21). The van der Waals surface area contributed by atoms with Crippen molar-refractivity contribution in [3.8, 4) is 11.5 Å². The topological polar surface area (TPSA) is 80.5 Å². The molecule has 0 fully saturated rings. The second-order valence-electron chi connectivity index (χ2n) is 4.91. The van der Waals surface area contributed by atoms with Crippen molar-refractivity contribution in [2.45, 2.75) is 13.8 Å². The van der Waals surface area contributed by atoms with Crippen molar-refractivity contribution in [1.82, 2.24) is 15.1 Å². The third-order valence-electron chi connectivity index (χ3n) is 3.37. The molecule has 2 aromatic rings. The van der Waals surface area contributed by atoms with Gasteiger partial charge in [-0.1, -0.05) is 37.1 Å². The largest absolute Gasteiger partial charge is 0.403 e. The van der Waals surface area contributed by atoms with Gasteiger partial charge in [0.15, 0.2) is 0 Å². The fourth-order valence-electron chi connectivity index (χ4n) is 2.02. The molecule has 1 N–H and O–H groups in total. The normalized spacial score (nSPS) is 10.9. The molecule has 0 bridgehead atoms. The number of anilines is 1. The number of rotatable bonds is 9. The third-order valence-corrected chi connectivity index (χ3v) is 3.37. The molecule has 1 aromatic heterocycles. The highest BCUT2D eigenvalue weighted by Gasteiger charge is 2.11. The van der Waals surface area contributed by atoms with Gasteiger partial charge in [-0.3, -0.25) is 10.1 Å². The highest BCUT2D eigenvalue weighted by molar-refractivity contribution is 5.89. The Bertz CT molecular complexity index is 596. The van der Waals surface area contributed by atoms with Gasteiger partial charge in [-0.15, -0.1) is 5.10 Å². The van der Waals surface area contributed by atoms with Gasteiger partial charge in [-0.25, -0.2) is 0 Å². The van der Waals surface area contributed by atoms with Gasteiger partial charge in [0.05, 0.1) is 6.61 Å². The Morgan fingerprint density at radius 3 is 2.65 bits per heavy atom. The maximum atomic E-state index is 11.8. The molecule has 0 saturated heterocycles. The summed E-state index contributed by atoms with van der Waals surface area (Å²) < 4.78 is 10.8. The van der Waals surface area contributed by atoms with Crippen LogP contribution in [0.1, 0.15) is 13.8 Å². The van der Waals surface area contributed by atoms with Crippen molar-refractivity contribution >= 4 is 11.9 Å². The van der Waals surface area contributed by atoms with Crippen LogP contribution in [0.25, 0.3) is 11.5 Å². The van der Waals surface area contributed by atoms with Crippen LogP contribution in [0.4, 0.5) is 6.01 Å². The summed E-state index contributed by atoms with van der Waals surface area (Å²) in [6, 6.07) is 9.44. The maximum Gasteiger partial charge on any atom is 0.322 e. The van der Waals surface area contributed by atoms with E-state index < -0.39 is 0 Å². The van der Waals surface area contributed by atoms with Crippen LogP contribution in [0.2, 0.25) is 0 Å². The zero-order valence-electron chi connectivity index (χ0n) is 13.5. The van der Waals surface area contributed by atoms with Crippen LogP contribution in [0.5, 0.6) is 0 Å². The van der Waals surface area contributed by atoms with Crippen LogP contribution >= 0.6 is 0 Å². The molecule has 0 aliphatic carbocycles. The Hall–Kier alpha value is -2.25. The number of ether oxygens (including phenoxy) is 1. The molecule has 124 valence electrons. The zero-order chi connectivity index (χ0) is 16.5. The number of carbonyl (C=O) groups is 1. The monoisotopic (exact) mass is 318 g/mol. The predicted octanol–water partition coefficient (Wildman–Crippen LogP) is 2.03. The lowest BCUT2D eigenvalue weighted by Crippen LogP contribution is -2.28. The number of hydrogen-bond donors (Lipinski definition) is 1. The number of benzene rings is 1. The molecule has 0 unspecified atom stereocenters. The lowest BCUT2D eigenvalue weighted by molar-refractivity contribution is -0.120. The van der Waals surface area contributed by atoms with Gasteiger partial charge in [0, 0.05) is 12.1 Å². The molecule has 7 nitrogen and oxygen atoms in total. The lowest BCUT2D eigenvalue weighted by Gasteiger charge is -2.17. The van der Waals surface area contributed by atoms with Crippen LogP contribution in [0.15, 0.2) is 34.7 Å². The summed E-state index contributed by atoms with van der Waals surface area (Å²) in [7, 11) is 0. The van der Waals surface area contributed by atoms with Crippen LogP contribution in [0, 0.1) is 0 Å². The molecule has 2 rings (SSSR count). The smallest absolute Gasteiger partial charge is 0.322 e. The Labute approximate surface area is 135 Å². The third kappa shape index (κ3) is 5.46.